The summed E-state index contributed by atoms with van der Waals surface area (Å²) in [5, 5.41) is 4.41. The smallest absolute Gasteiger partial charge is 0.239 e. The summed E-state index contributed by atoms with van der Waals surface area (Å²) in [6.07, 6.45) is 7.12. The van der Waals surface area contributed by atoms with Gasteiger partial charge < -0.3 is 4.90 Å². The van der Waals surface area contributed by atoms with Crippen LogP contribution in [-0.4, -0.2) is 51.7 Å². The summed E-state index contributed by atoms with van der Waals surface area (Å²) < 4.78 is 1.85. The highest BCUT2D eigenvalue weighted by Crippen LogP contribution is 2.17. The number of likely N-dealkylation sites (tertiary alicyclic amines) is 1. The van der Waals surface area contributed by atoms with Gasteiger partial charge in [-0.15, -0.1) is 0 Å². The Morgan fingerprint density at radius 1 is 1.25 bits per heavy atom. The van der Waals surface area contributed by atoms with Crippen molar-refractivity contribution in [1.29, 1.82) is 0 Å². The quantitative estimate of drug-likeness (QED) is 0.819. The molecule has 1 fully saturated rings. The molecule has 128 valence electrons. The summed E-state index contributed by atoms with van der Waals surface area (Å²) >= 11 is 0. The second kappa shape index (κ2) is 7.62. The second-order valence-corrected chi connectivity index (χ2v) is 6.49. The molecule has 0 radical (unpaired) electrons. The molecule has 2 heterocycles. The van der Waals surface area contributed by atoms with Crippen LogP contribution in [0.2, 0.25) is 0 Å². The number of likely N-dealkylation sites (N-methyl/N-ethyl adjacent to an activating group) is 1. The Bertz CT molecular complexity index is 661. The molecule has 5 heteroatoms. The number of rotatable bonds is 6. The summed E-state index contributed by atoms with van der Waals surface area (Å²) in [4.78, 5) is 17.0. The summed E-state index contributed by atoms with van der Waals surface area (Å²) in [5.41, 5.74) is 2.08. The normalized spacial score (nSPS) is 16.2. The van der Waals surface area contributed by atoms with Crippen molar-refractivity contribution in [2.75, 3.05) is 20.1 Å². The number of nitrogens with zero attached hydrogens (tertiary/aromatic N) is 4. The van der Waals surface area contributed by atoms with Crippen molar-refractivity contribution in [2.45, 2.75) is 38.8 Å². The maximum atomic E-state index is 12.8. The van der Waals surface area contributed by atoms with E-state index in [0.29, 0.717) is 6.54 Å². The summed E-state index contributed by atoms with van der Waals surface area (Å²) in [5.74, 6) is 0.215. The van der Waals surface area contributed by atoms with Crippen molar-refractivity contribution in [3.63, 3.8) is 0 Å². The lowest BCUT2D eigenvalue weighted by molar-refractivity contribution is -0.136. The largest absolute Gasteiger partial charge is 0.340 e. The van der Waals surface area contributed by atoms with Gasteiger partial charge in [0.05, 0.1) is 17.9 Å². The van der Waals surface area contributed by atoms with Crippen LogP contribution < -0.4 is 0 Å². The minimum absolute atomic E-state index is 0.0154. The van der Waals surface area contributed by atoms with E-state index in [1.54, 1.807) is 0 Å². The van der Waals surface area contributed by atoms with Gasteiger partial charge in [-0.25, -0.2) is 4.68 Å². The SMILES string of the molecule is CC[C@@H](C(=O)N(C)Cc1cnn(-c2ccccc2)c1)N1CCCC1. The van der Waals surface area contributed by atoms with E-state index < -0.39 is 0 Å². The molecule has 2 aromatic rings. The third-order valence-corrected chi connectivity index (χ3v) is 4.71. The second-order valence-electron chi connectivity index (χ2n) is 6.49. The zero-order chi connectivity index (χ0) is 16.9. The molecule has 1 amide bonds. The van der Waals surface area contributed by atoms with E-state index in [4.69, 9.17) is 0 Å². The van der Waals surface area contributed by atoms with Crippen LogP contribution in [0.1, 0.15) is 31.7 Å². The number of benzene rings is 1. The molecule has 3 rings (SSSR count). The number of hydrogen-bond acceptors (Lipinski definition) is 3. The lowest BCUT2D eigenvalue weighted by Gasteiger charge is -2.29. The van der Waals surface area contributed by atoms with Crippen molar-refractivity contribution >= 4 is 5.91 Å². The van der Waals surface area contributed by atoms with Crippen LogP contribution >= 0.6 is 0 Å². The highest BCUT2D eigenvalue weighted by Gasteiger charge is 2.28. The average molecular weight is 326 g/mol. The Morgan fingerprint density at radius 3 is 2.62 bits per heavy atom. The van der Waals surface area contributed by atoms with E-state index in [2.05, 4.69) is 16.9 Å². The van der Waals surface area contributed by atoms with Gasteiger partial charge in [-0.2, -0.15) is 5.10 Å². The number of para-hydroxylation sites is 1. The van der Waals surface area contributed by atoms with Crippen molar-refractivity contribution in [3.8, 4) is 5.69 Å². The van der Waals surface area contributed by atoms with Crippen LogP contribution in [-0.2, 0) is 11.3 Å². The van der Waals surface area contributed by atoms with Crippen LogP contribution in [0.3, 0.4) is 0 Å². The van der Waals surface area contributed by atoms with E-state index in [-0.39, 0.29) is 11.9 Å². The zero-order valence-corrected chi connectivity index (χ0v) is 14.6. The van der Waals surface area contributed by atoms with Crippen LogP contribution in [0.5, 0.6) is 0 Å². The fourth-order valence-corrected chi connectivity index (χ4v) is 3.41. The Morgan fingerprint density at radius 2 is 1.96 bits per heavy atom. The molecule has 1 aliphatic heterocycles. The van der Waals surface area contributed by atoms with Crippen molar-refractivity contribution in [3.05, 3.63) is 48.3 Å². The van der Waals surface area contributed by atoms with Crippen LogP contribution in [0.25, 0.3) is 5.69 Å². The minimum Gasteiger partial charge on any atom is -0.340 e. The molecule has 0 saturated carbocycles. The van der Waals surface area contributed by atoms with Gasteiger partial charge in [-0.3, -0.25) is 9.69 Å². The summed E-state index contributed by atoms with van der Waals surface area (Å²) in [7, 11) is 1.89. The third kappa shape index (κ3) is 3.67. The maximum absolute atomic E-state index is 12.8. The average Bonchev–Trinajstić information content (AvgIpc) is 3.28. The summed E-state index contributed by atoms with van der Waals surface area (Å²) in [6, 6.07) is 10.0. The molecule has 0 aliphatic carbocycles. The lowest BCUT2D eigenvalue weighted by atomic mass is 10.1. The molecule has 1 aromatic heterocycles. The Kier molecular flexibility index (Phi) is 5.30. The van der Waals surface area contributed by atoms with Gasteiger partial charge in [-0.1, -0.05) is 25.1 Å². The van der Waals surface area contributed by atoms with Crippen LogP contribution in [0.15, 0.2) is 42.7 Å². The van der Waals surface area contributed by atoms with Crippen molar-refractivity contribution < 1.29 is 4.79 Å². The molecule has 1 saturated heterocycles. The molecule has 24 heavy (non-hydrogen) atoms. The monoisotopic (exact) mass is 326 g/mol. The number of hydrogen-bond donors (Lipinski definition) is 0. The van der Waals surface area contributed by atoms with E-state index in [0.717, 1.165) is 30.8 Å². The molecule has 1 atom stereocenters. The van der Waals surface area contributed by atoms with Gasteiger partial charge in [0, 0.05) is 25.4 Å². The molecule has 0 N–H and O–H groups in total. The molecule has 0 unspecified atom stereocenters. The molecular formula is C19H26N4O. The minimum atomic E-state index is 0.0154. The first-order valence-electron chi connectivity index (χ1n) is 8.77. The maximum Gasteiger partial charge on any atom is 0.239 e. The van der Waals surface area contributed by atoms with Crippen molar-refractivity contribution in [1.82, 2.24) is 19.6 Å². The molecule has 1 aromatic carbocycles. The summed E-state index contributed by atoms with van der Waals surface area (Å²) in [6.45, 7) is 4.78. The first-order valence-corrected chi connectivity index (χ1v) is 8.77. The number of amides is 1. The number of carbonyl (C=O) groups excluding carboxylic acids is 1. The molecule has 0 bridgehead atoms. The highest BCUT2D eigenvalue weighted by atomic mass is 16.2. The topological polar surface area (TPSA) is 41.4 Å². The predicted octanol–water partition coefficient (Wildman–Crippen LogP) is 2.71. The fourth-order valence-electron chi connectivity index (χ4n) is 3.41. The van der Waals surface area contributed by atoms with Gasteiger partial charge in [0.15, 0.2) is 0 Å². The van der Waals surface area contributed by atoms with Gasteiger partial charge in [0.2, 0.25) is 5.91 Å². The Labute approximate surface area is 143 Å². The van der Waals surface area contributed by atoms with E-state index >= 15 is 0 Å². The first-order chi connectivity index (χ1) is 11.7. The number of carbonyl (C=O) groups is 1. The Balaban J connectivity index is 1.65. The first kappa shape index (κ1) is 16.7. The zero-order valence-electron chi connectivity index (χ0n) is 14.6. The predicted molar refractivity (Wildman–Crippen MR) is 94.9 cm³/mol. The van der Waals surface area contributed by atoms with E-state index in [1.165, 1.54) is 12.8 Å². The van der Waals surface area contributed by atoms with Crippen LogP contribution in [0, 0.1) is 0 Å². The fraction of sp³-hybridized carbons (Fsp3) is 0.474. The van der Waals surface area contributed by atoms with Gasteiger partial charge >= 0.3 is 0 Å². The van der Waals surface area contributed by atoms with E-state index in [1.807, 2.05) is 59.4 Å². The standard InChI is InChI=1S/C19H26N4O/c1-3-18(22-11-7-8-12-22)19(24)21(2)14-16-13-20-23(15-16)17-9-5-4-6-10-17/h4-6,9-10,13,15,18H,3,7-8,11-12,14H2,1-2H3/t18-/m0/s1. The van der Waals surface area contributed by atoms with Gasteiger partial charge in [0.25, 0.3) is 0 Å². The number of aromatic nitrogens is 2. The lowest BCUT2D eigenvalue weighted by Crippen LogP contribution is -2.45. The Hall–Kier alpha value is -2.14. The highest BCUT2D eigenvalue weighted by molar-refractivity contribution is 5.81. The molecular weight excluding hydrogens is 300 g/mol. The van der Waals surface area contributed by atoms with Gasteiger partial charge in [-0.05, 0) is 44.5 Å². The van der Waals surface area contributed by atoms with E-state index in [9.17, 15) is 4.79 Å². The molecule has 5 nitrogen and oxygen atoms in total. The molecule has 1 aliphatic rings. The van der Waals surface area contributed by atoms with Gasteiger partial charge in [0.1, 0.15) is 0 Å². The molecule has 0 spiro atoms. The van der Waals surface area contributed by atoms with Crippen LogP contribution in [0.4, 0.5) is 0 Å². The third-order valence-electron chi connectivity index (χ3n) is 4.71. The van der Waals surface area contributed by atoms with Crippen molar-refractivity contribution in [2.24, 2.45) is 0 Å².